The standard InChI is InChI=1S/C11H19NO2/c1-9(2)13-7-5-12-8-11-10(3)4-6-14-11/h4,6,9,12H,5,7-8H2,1-3H3. The molecule has 0 unspecified atom stereocenters. The number of furan rings is 1. The highest BCUT2D eigenvalue weighted by Crippen LogP contribution is 2.07. The Morgan fingerprint density at radius 3 is 2.86 bits per heavy atom. The van der Waals surface area contributed by atoms with Gasteiger partial charge in [0.05, 0.1) is 25.5 Å². The summed E-state index contributed by atoms with van der Waals surface area (Å²) in [6.07, 6.45) is 2.03. The number of aryl methyl sites for hydroxylation is 1. The Morgan fingerprint density at radius 2 is 2.29 bits per heavy atom. The molecule has 0 aliphatic carbocycles. The number of hydrogen-bond donors (Lipinski definition) is 1. The monoisotopic (exact) mass is 197 g/mol. The molecule has 1 N–H and O–H groups in total. The molecule has 0 fully saturated rings. The normalized spacial score (nSPS) is 11.1. The van der Waals surface area contributed by atoms with Crippen molar-refractivity contribution < 1.29 is 9.15 Å². The fourth-order valence-electron chi connectivity index (χ4n) is 1.15. The molecule has 0 saturated carbocycles. The number of rotatable bonds is 6. The van der Waals surface area contributed by atoms with E-state index in [2.05, 4.69) is 5.32 Å². The van der Waals surface area contributed by atoms with Crippen molar-refractivity contribution in [3.63, 3.8) is 0 Å². The highest BCUT2D eigenvalue weighted by Gasteiger charge is 2.00. The molecule has 1 aromatic heterocycles. The Bertz CT molecular complexity index is 256. The Morgan fingerprint density at radius 1 is 1.50 bits per heavy atom. The van der Waals surface area contributed by atoms with Crippen LogP contribution in [0.2, 0.25) is 0 Å². The summed E-state index contributed by atoms with van der Waals surface area (Å²) < 4.78 is 10.7. The first-order chi connectivity index (χ1) is 6.70. The van der Waals surface area contributed by atoms with Crippen LogP contribution in [0, 0.1) is 6.92 Å². The first-order valence-electron chi connectivity index (χ1n) is 5.05. The van der Waals surface area contributed by atoms with Gasteiger partial charge in [0, 0.05) is 6.54 Å². The van der Waals surface area contributed by atoms with E-state index in [-0.39, 0.29) is 0 Å². The fraction of sp³-hybridized carbons (Fsp3) is 0.636. The van der Waals surface area contributed by atoms with E-state index in [1.54, 1.807) is 6.26 Å². The summed E-state index contributed by atoms with van der Waals surface area (Å²) >= 11 is 0. The molecular weight excluding hydrogens is 178 g/mol. The van der Waals surface area contributed by atoms with E-state index in [1.165, 1.54) is 5.56 Å². The maximum atomic E-state index is 5.40. The fourth-order valence-corrected chi connectivity index (χ4v) is 1.15. The zero-order chi connectivity index (χ0) is 10.4. The van der Waals surface area contributed by atoms with E-state index in [0.29, 0.717) is 6.10 Å². The zero-order valence-corrected chi connectivity index (χ0v) is 9.17. The molecule has 0 amide bonds. The average Bonchev–Trinajstić information content (AvgIpc) is 2.51. The van der Waals surface area contributed by atoms with Gasteiger partial charge in [-0.1, -0.05) is 0 Å². The molecule has 0 atom stereocenters. The molecule has 0 bridgehead atoms. The summed E-state index contributed by atoms with van der Waals surface area (Å²) in [5.41, 5.74) is 1.20. The van der Waals surface area contributed by atoms with Gasteiger partial charge in [0.1, 0.15) is 5.76 Å². The van der Waals surface area contributed by atoms with Gasteiger partial charge in [0.15, 0.2) is 0 Å². The lowest BCUT2D eigenvalue weighted by molar-refractivity contribution is 0.0805. The molecule has 0 aromatic carbocycles. The van der Waals surface area contributed by atoms with Gasteiger partial charge in [-0.25, -0.2) is 0 Å². The molecule has 0 spiro atoms. The topological polar surface area (TPSA) is 34.4 Å². The second kappa shape index (κ2) is 5.83. The van der Waals surface area contributed by atoms with Crippen LogP contribution in [-0.2, 0) is 11.3 Å². The van der Waals surface area contributed by atoms with Gasteiger partial charge < -0.3 is 14.5 Å². The molecule has 0 radical (unpaired) electrons. The zero-order valence-electron chi connectivity index (χ0n) is 9.17. The van der Waals surface area contributed by atoms with Crippen LogP contribution < -0.4 is 5.32 Å². The minimum absolute atomic E-state index is 0.308. The first-order valence-corrected chi connectivity index (χ1v) is 5.05. The lowest BCUT2D eigenvalue weighted by Crippen LogP contribution is -2.21. The molecule has 0 aliphatic rings. The molecule has 1 rings (SSSR count). The average molecular weight is 197 g/mol. The third-order valence-corrected chi connectivity index (χ3v) is 1.98. The van der Waals surface area contributed by atoms with E-state index in [4.69, 9.17) is 9.15 Å². The van der Waals surface area contributed by atoms with Gasteiger partial charge in [0.2, 0.25) is 0 Å². The lowest BCUT2D eigenvalue weighted by atomic mass is 10.3. The molecule has 1 heterocycles. The number of nitrogens with one attached hydrogen (secondary N) is 1. The van der Waals surface area contributed by atoms with Crippen LogP contribution in [0.25, 0.3) is 0 Å². The summed E-state index contributed by atoms with van der Waals surface area (Å²) in [4.78, 5) is 0. The van der Waals surface area contributed by atoms with Crippen molar-refractivity contribution in [2.45, 2.75) is 33.4 Å². The predicted octanol–water partition coefficient (Wildman–Crippen LogP) is 2.10. The Balaban J connectivity index is 2.08. The van der Waals surface area contributed by atoms with E-state index < -0.39 is 0 Å². The molecule has 0 aliphatic heterocycles. The summed E-state index contributed by atoms with van der Waals surface area (Å²) in [7, 11) is 0. The van der Waals surface area contributed by atoms with Crippen molar-refractivity contribution in [3.05, 3.63) is 23.7 Å². The molecule has 0 saturated heterocycles. The summed E-state index contributed by atoms with van der Waals surface area (Å²) in [5.74, 6) is 1.01. The molecule has 14 heavy (non-hydrogen) atoms. The molecule has 80 valence electrons. The molecule has 3 nitrogen and oxygen atoms in total. The minimum atomic E-state index is 0.308. The van der Waals surface area contributed by atoms with Crippen LogP contribution >= 0.6 is 0 Å². The molecule has 1 aromatic rings. The second-order valence-corrected chi connectivity index (χ2v) is 3.62. The highest BCUT2D eigenvalue weighted by atomic mass is 16.5. The van der Waals surface area contributed by atoms with Crippen LogP contribution in [0.15, 0.2) is 16.7 Å². The van der Waals surface area contributed by atoms with Gasteiger partial charge in [-0.05, 0) is 32.4 Å². The summed E-state index contributed by atoms with van der Waals surface area (Å²) in [6.45, 7) is 8.51. The summed E-state index contributed by atoms with van der Waals surface area (Å²) in [6, 6.07) is 1.97. The van der Waals surface area contributed by atoms with Crippen molar-refractivity contribution in [1.82, 2.24) is 5.32 Å². The van der Waals surface area contributed by atoms with Gasteiger partial charge in [-0.15, -0.1) is 0 Å². The third kappa shape index (κ3) is 3.94. The van der Waals surface area contributed by atoms with E-state index >= 15 is 0 Å². The second-order valence-electron chi connectivity index (χ2n) is 3.62. The van der Waals surface area contributed by atoms with Gasteiger partial charge in [-0.2, -0.15) is 0 Å². The Kier molecular flexibility index (Phi) is 4.70. The van der Waals surface area contributed by atoms with E-state index in [1.807, 2.05) is 26.8 Å². The number of ether oxygens (including phenoxy) is 1. The molecular formula is C11H19NO2. The summed E-state index contributed by atoms with van der Waals surface area (Å²) in [5, 5.41) is 3.27. The van der Waals surface area contributed by atoms with Crippen molar-refractivity contribution in [1.29, 1.82) is 0 Å². The maximum Gasteiger partial charge on any atom is 0.120 e. The van der Waals surface area contributed by atoms with Crippen LogP contribution in [-0.4, -0.2) is 19.3 Å². The Labute approximate surface area is 85.4 Å². The van der Waals surface area contributed by atoms with Crippen molar-refractivity contribution in [3.8, 4) is 0 Å². The predicted molar refractivity (Wildman–Crippen MR) is 56.2 cm³/mol. The van der Waals surface area contributed by atoms with Gasteiger partial charge >= 0.3 is 0 Å². The third-order valence-electron chi connectivity index (χ3n) is 1.98. The van der Waals surface area contributed by atoms with Crippen LogP contribution in [0.4, 0.5) is 0 Å². The quantitative estimate of drug-likeness (QED) is 0.709. The Hall–Kier alpha value is -0.800. The highest BCUT2D eigenvalue weighted by molar-refractivity contribution is 5.13. The number of hydrogen-bond acceptors (Lipinski definition) is 3. The minimum Gasteiger partial charge on any atom is -0.468 e. The van der Waals surface area contributed by atoms with Crippen LogP contribution in [0.3, 0.4) is 0 Å². The van der Waals surface area contributed by atoms with Crippen LogP contribution in [0.1, 0.15) is 25.2 Å². The van der Waals surface area contributed by atoms with Crippen LogP contribution in [0.5, 0.6) is 0 Å². The van der Waals surface area contributed by atoms with E-state index in [0.717, 1.165) is 25.5 Å². The van der Waals surface area contributed by atoms with Gasteiger partial charge in [-0.3, -0.25) is 0 Å². The largest absolute Gasteiger partial charge is 0.468 e. The van der Waals surface area contributed by atoms with Gasteiger partial charge in [0.25, 0.3) is 0 Å². The smallest absolute Gasteiger partial charge is 0.120 e. The van der Waals surface area contributed by atoms with Crippen molar-refractivity contribution in [2.75, 3.05) is 13.2 Å². The lowest BCUT2D eigenvalue weighted by Gasteiger charge is -2.07. The first kappa shape index (κ1) is 11.3. The van der Waals surface area contributed by atoms with Crippen molar-refractivity contribution in [2.24, 2.45) is 0 Å². The van der Waals surface area contributed by atoms with E-state index in [9.17, 15) is 0 Å². The SMILES string of the molecule is Cc1ccoc1CNCCOC(C)C. The molecule has 3 heteroatoms. The maximum absolute atomic E-state index is 5.40. The van der Waals surface area contributed by atoms with Crippen molar-refractivity contribution >= 4 is 0 Å².